The van der Waals surface area contributed by atoms with Crippen LogP contribution >= 0.6 is 24.0 Å². The second kappa shape index (κ2) is 12.3. The molecular formula is C24H33FIN5O2. The predicted octanol–water partition coefficient (Wildman–Crippen LogP) is 3.93. The predicted molar refractivity (Wildman–Crippen MR) is 142 cm³/mol. The fourth-order valence-electron chi connectivity index (χ4n) is 3.96. The van der Waals surface area contributed by atoms with Gasteiger partial charge in [0.15, 0.2) is 17.5 Å². The van der Waals surface area contributed by atoms with E-state index in [1.165, 1.54) is 0 Å². The zero-order valence-electron chi connectivity index (χ0n) is 19.3. The molecule has 0 bridgehead atoms. The van der Waals surface area contributed by atoms with Crippen molar-refractivity contribution < 1.29 is 13.9 Å². The third kappa shape index (κ3) is 6.63. The third-order valence-corrected chi connectivity index (χ3v) is 5.87. The molecule has 4 rings (SSSR count). The third-order valence-electron chi connectivity index (χ3n) is 5.87. The van der Waals surface area contributed by atoms with Crippen LogP contribution in [0.25, 0.3) is 0 Å². The average molecular weight is 569 g/mol. The SMILES string of the molecule is CCN1CCN(c2ccc(CNC(=NC)Nc3ccc4c(c3)OCCCO4)cc2F)CC1.I. The van der Waals surface area contributed by atoms with Crippen LogP contribution < -0.4 is 25.0 Å². The van der Waals surface area contributed by atoms with E-state index >= 15 is 0 Å². The summed E-state index contributed by atoms with van der Waals surface area (Å²) in [6, 6.07) is 11.2. The Morgan fingerprint density at radius 2 is 1.79 bits per heavy atom. The van der Waals surface area contributed by atoms with Crippen LogP contribution in [0.2, 0.25) is 0 Å². The second-order valence-electron chi connectivity index (χ2n) is 7.97. The molecule has 2 aliphatic rings. The molecule has 0 radical (unpaired) electrons. The second-order valence-corrected chi connectivity index (χ2v) is 7.97. The number of nitrogens with zero attached hydrogens (tertiary/aromatic N) is 3. The summed E-state index contributed by atoms with van der Waals surface area (Å²) in [5.41, 5.74) is 2.38. The number of piperazine rings is 1. The van der Waals surface area contributed by atoms with Crippen LogP contribution in [0.3, 0.4) is 0 Å². The first kappa shape index (κ1) is 25.4. The highest BCUT2D eigenvalue weighted by Crippen LogP contribution is 2.32. The molecular weight excluding hydrogens is 536 g/mol. The van der Waals surface area contributed by atoms with Gasteiger partial charge in [0.1, 0.15) is 5.82 Å². The van der Waals surface area contributed by atoms with Gasteiger partial charge in [-0.1, -0.05) is 13.0 Å². The van der Waals surface area contributed by atoms with E-state index in [2.05, 4.69) is 32.3 Å². The van der Waals surface area contributed by atoms with Crippen molar-refractivity contribution in [1.82, 2.24) is 10.2 Å². The van der Waals surface area contributed by atoms with E-state index < -0.39 is 0 Å². The molecule has 7 nitrogen and oxygen atoms in total. The maximum atomic E-state index is 14.8. The number of halogens is 2. The molecule has 1 saturated heterocycles. The topological polar surface area (TPSA) is 61.4 Å². The van der Waals surface area contributed by atoms with E-state index in [-0.39, 0.29) is 29.8 Å². The molecule has 0 aliphatic carbocycles. The Morgan fingerprint density at radius 3 is 2.48 bits per heavy atom. The smallest absolute Gasteiger partial charge is 0.195 e. The first-order valence-electron chi connectivity index (χ1n) is 11.3. The van der Waals surface area contributed by atoms with Crippen molar-refractivity contribution in [3.63, 3.8) is 0 Å². The van der Waals surface area contributed by atoms with Crippen LogP contribution in [-0.2, 0) is 6.54 Å². The molecule has 1 fully saturated rings. The fraction of sp³-hybridized carbons (Fsp3) is 0.458. The number of rotatable bonds is 5. The van der Waals surface area contributed by atoms with E-state index in [9.17, 15) is 4.39 Å². The number of nitrogens with one attached hydrogen (secondary N) is 2. The molecule has 0 aromatic heterocycles. The lowest BCUT2D eigenvalue weighted by Gasteiger charge is -2.35. The molecule has 0 saturated carbocycles. The van der Waals surface area contributed by atoms with Crippen molar-refractivity contribution in [2.24, 2.45) is 4.99 Å². The Labute approximate surface area is 212 Å². The molecule has 2 aromatic carbocycles. The molecule has 0 atom stereocenters. The van der Waals surface area contributed by atoms with E-state index in [0.29, 0.717) is 31.4 Å². The molecule has 2 aromatic rings. The summed E-state index contributed by atoms with van der Waals surface area (Å²) >= 11 is 0. The van der Waals surface area contributed by atoms with Gasteiger partial charge in [-0.3, -0.25) is 4.99 Å². The van der Waals surface area contributed by atoms with E-state index in [1.807, 2.05) is 30.3 Å². The summed E-state index contributed by atoms with van der Waals surface area (Å²) < 4.78 is 26.2. The number of guanidine groups is 1. The van der Waals surface area contributed by atoms with Gasteiger partial charge in [0.05, 0.1) is 18.9 Å². The zero-order valence-corrected chi connectivity index (χ0v) is 21.6. The van der Waals surface area contributed by atoms with Crippen LogP contribution in [0.4, 0.5) is 15.8 Å². The lowest BCUT2D eigenvalue weighted by molar-refractivity contribution is 0.270. The number of anilines is 2. The van der Waals surface area contributed by atoms with Crippen LogP contribution in [-0.4, -0.2) is 63.8 Å². The Kier molecular flexibility index (Phi) is 9.42. The largest absolute Gasteiger partial charge is 0.490 e. The van der Waals surface area contributed by atoms with Crippen molar-refractivity contribution in [2.45, 2.75) is 19.9 Å². The van der Waals surface area contributed by atoms with Gasteiger partial charge in [0.25, 0.3) is 0 Å². The van der Waals surface area contributed by atoms with E-state index in [0.717, 1.165) is 61.9 Å². The fourth-order valence-corrected chi connectivity index (χ4v) is 3.96. The number of likely N-dealkylation sites (N-methyl/N-ethyl adjacent to an activating group) is 1. The molecule has 2 heterocycles. The maximum Gasteiger partial charge on any atom is 0.195 e. The number of aliphatic imine (C=N–C) groups is 1. The lowest BCUT2D eigenvalue weighted by Crippen LogP contribution is -2.46. The number of ether oxygens (including phenoxy) is 2. The summed E-state index contributed by atoms with van der Waals surface area (Å²) in [6.45, 7) is 8.63. The molecule has 2 aliphatic heterocycles. The van der Waals surface area contributed by atoms with E-state index in [4.69, 9.17) is 9.47 Å². The molecule has 180 valence electrons. The summed E-state index contributed by atoms with van der Waals surface area (Å²) in [6.07, 6.45) is 0.866. The maximum absolute atomic E-state index is 14.8. The van der Waals surface area contributed by atoms with Crippen molar-refractivity contribution in [1.29, 1.82) is 0 Å². The summed E-state index contributed by atoms with van der Waals surface area (Å²) in [5.74, 6) is 1.89. The van der Waals surface area contributed by atoms with Crippen molar-refractivity contribution >= 4 is 41.3 Å². The van der Waals surface area contributed by atoms with Crippen molar-refractivity contribution in [3.05, 3.63) is 47.8 Å². The Balaban J connectivity index is 0.00000306. The number of hydrogen-bond acceptors (Lipinski definition) is 5. The standard InChI is InChI=1S/C24H32FN5O2.HI/c1-3-29-9-11-30(12-10-29)21-7-5-18(15-20(21)25)17-27-24(26-2)28-19-6-8-22-23(16-19)32-14-4-13-31-22;/h5-8,15-16H,3-4,9-14,17H2,1-2H3,(H2,26,27,28);1H. The van der Waals surface area contributed by atoms with Crippen LogP contribution in [0.15, 0.2) is 41.4 Å². The molecule has 2 N–H and O–H groups in total. The monoisotopic (exact) mass is 569 g/mol. The summed E-state index contributed by atoms with van der Waals surface area (Å²) in [5, 5.41) is 6.50. The van der Waals surface area contributed by atoms with Crippen molar-refractivity contribution in [2.75, 3.05) is 63.2 Å². The summed E-state index contributed by atoms with van der Waals surface area (Å²) in [7, 11) is 1.71. The number of benzene rings is 2. The minimum absolute atomic E-state index is 0. The van der Waals surface area contributed by atoms with Gasteiger partial charge in [-0.2, -0.15) is 0 Å². The quantitative estimate of drug-likeness (QED) is 0.324. The molecule has 0 spiro atoms. The minimum Gasteiger partial charge on any atom is -0.490 e. The van der Waals surface area contributed by atoms with Gasteiger partial charge in [-0.25, -0.2) is 4.39 Å². The average Bonchev–Trinajstić information content (AvgIpc) is 3.07. The van der Waals surface area contributed by atoms with Gasteiger partial charge in [-0.05, 0) is 36.4 Å². The van der Waals surface area contributed by atoms with Gasteiger partial charge >= 0.3 is 0 Å². The number of hydrogen-bond donors (Lipinski definition) is 2. The zero-order chi connectivity index (χ0) is 22.3. The Morgan fingerprint density at radius 1 is 1.03 bits per heavy atom. The highest BCUT2D eigenvalue weighted by molar-refractivity contribution is 14.0. The minimum atomic E-state index is -0.180. The highest BCUT2D eigenvalue weighted by atomic mass is 127. The Hall–Kier alpha value is -2.27. The summed E-state index contributed by atoms with van der Waals surface area (Å²) in [4.78, 5) is 8.79. The normalized spacial score (nSPS) is 16.6. The molecule has 33 heavy (non-hydrogen) atoms. The van der Waals surface area contributed by atoms with Crippen molar-refractivity contribution in [3.8, 4) is 11.5 Å². The van der Waals surface area contributed by atoms with Gasteiger partial charge < -0.3 is 29.9 Å². The molecule has 9 heteroatoms. The van der Waals surface area contributed by atoms with Gasteiger partial charge in [0.2, 0.25) is 0 Å². The Bertz CT molecular complexity index is 950. The van der Waals surface area contributed by atoms with Crippen LogP contribution in [0.1, 0.15) is 18.9 Å². The van der Waals surface area contributed by atoms with Gasteiger partial charge in [0, 0.05) is 57.9 Å². The van der Waals surface area contributed by atoms with Crippen LogP contribution in [0, 0.1) is 5.82 Å². The first-order valence-corrected chi connectivity index (χ1v) is 11.3. The molecule has 0 amide bonds. The first-order chi connectivity index (χ1) is 15.7. The van der Waals surface area contributed by atoms with Gasteiger partial charge in [-0.15, -0.1) is 24.0 Å². The lowest BCUT2D eigenvalue weighted by atomic mass is 10.1. The molecule has 0 unspecified atom stereocenters. The van der Waals surface area contributed by atoms with Crippen LogP contribution in [0.5, 0.6) is 11.5 Å². The number of fused-ring (bicyclic) bond motifs is 1. The highest BCUT2D eigenvalue weighted by Gasteiger charge is 2.18. The van der Waals surface area contributed by atoms with E-state index in [1.54, 1.807) is 13.1 Å².